The van der Waals surface area contributed by atoms with Crippen molar-refractivity contribution in [1.82, 2.24) is 24.8 Å². The Labute approximate surface area is 219 Å². The van der Waals surface area contributed by atoms with Crippen LogP contribution in [0, 0.1) is 0 Å². The lowest BCUT2D eigenvalue weighted by Crippen LogP contribution is -2.29. The number of hydrogen-bond acceptors (Lipinski definition) is 7. The van der Waals surface area contributed by atoms with Crippen LogP contribution in [0.1, 0.15) is 43.7 Å². The molecule has 37 heavy (non-hydrogen) atoms. The van der Waals surface area contributed by atoms with Crippen molar-refractivity contribution in [1.29, 1.82) is 0 Å². The van der Waals surface area contributed by atoms with Crippen LogP contribution in [0.15, 0.2) is 42.5 Å². The molecular formula is C29H39N7O. The van der Waals surface area contributed by atoms with E-state index in [0.29, 0.717) is 6.54 Å². The molecule has 5 rings (SSSR count). The topological polar surface area (TPSA) is 93.3 Å². The van der Waals surface area contributed by atoms with E-state index < -0.39 is 0 Å². The molecule has 0 atom stereocenters. The summed E-state index contributed by atoms with van der Waals surface area (Å²) < 4.78 is 8.08. The van der Waals surface area contributed by atoms with Gasteiger partial charge in [0.1, 0.15) is 16.8 Å². The van der Waals surface area contributed by atoms with Crippen LogP contribution in [0.25, 0.3) is 21.9 Å². The molecular weight excluding hydrogens is 462 g/mol. The van der Waals surface area contributed by atoms with Crippen molar-refractivity contribution in [2.24, 2.45) is 0 Å². The number of aromatic nitrogens is 3. The Morgan fingerprint density at radius 1 is 1.05 bits per heavy atom. The fourth-order valence-corrected chi connectivity index (χ4v) is 5.33. The molecule has 0 radical (unpaired) electrons. The second-order valence-electron chi connectivity index (χ2n) is 9.88. The molecule has 8 nitrogen and oxygen atoms in total. The number of rotatable bonds is 12. The number of benzene rings is 2. The van der Waals surface area contributed by atoms with Crippen molar-refractivity contribution < 1.29 is 4.74 Å². The summed E-state index contributed by atoms with van der Waals surface area (Å²) in [4.78, 5) is 11.8. The highest BCUT2D eigenvalue weighted by Crippen LogP contribution is 2.34. The van der Waals surface area contributed by atoms with E-state index >= 15 is 0 Å². The van der Waals surface area contributed by atoms with Crippen molar-refractivity contribution in [2.75, 3.05) is 50.9 Å². The number of nitrogen functional groups attached to an aromatic ring is 1. The molecule has 1 fully saturated rings. The Balaban J connectivity index is 1.46. The molecule has 196 valence electrons. The molecule has 1 saturated heterocycles. The second-order valence-corrected chi connectivity index (χ2v) is 9.88. The number of fused-ring (bicyclic) bond motifs is 3. The van der Waals surface area contributed by atoms with Crippen LogP contribution in [0.4, 0.5) is 11.8 Å². The molecule has 0 spiro atoms. The van der Waals surface area contributed by atoms with Crippen LogP contribution in [0.3, 0.4) is 0 Å². The van der Waals surface area contributed by atoms with Gasteiger partial charge in [-0.3, -0.25) is 0 Å². The Morgan fingerprint density at radius 2 is 1.89 bits per heavy atom. The Bertz CT molecular complexity index is 1340. The average Bonchev–Trinajstić information content (AvgIpc) is 3.54. The van der Waals surface area contributed by atoms with Gasteiger partial charge in [0, 0.05) is 37.1 Å². The number of methoxy groups -OCH3 is 1. The highest BCUT2D eigenvalue weighted by atomic mass is 16.5. The summed E-state index contributed by atoms with van der Waals surface area (Å²) >= 11 is 0. The minimum atomic E-state index is 0.286. The van der Waals surface area contributed by atoms with Crippen LogP contribution in [-0.2, 0) is 13.1 Å². The van der Waals surface area contributed by atoms with Crippen molar-refractivity contribution in [2.45, 2.75) is 45.7 Å². The lowest BCUT2D eigenvalue weighted by Gasteiger charge is -2.16. The highest BCUT2D eigenvalue weighted by Gasteiger charge is 2.19. The quantitative estimate of drug-likeness (QED) is 0.244. The van der Waals surface area contributed by atoms with Crippen LogP contribution < -0.4 is 21.1 Å². The zero-order chi connectivity index (χ0) is 25.6. The highest BCUT2D eigenvalue weighted by molar-refractivity contribution is 6.09. The first-order valence-electron chi connectivity index (χ1n) is 13.5. The summed E-state index contributed by atoms with van der Waals surface area (Å²) in [6, 6.07) is 14.8. The van der Waals surface area contributed by atoms with Gasteiger partial charge < -0.3 is 30.6 Å². The number of unbranched alkanes of at least 4 members (excludes halogenated alkanes) is 1. The molecule has 3 heterocycles. The molecule has 1 aliphatic heterocycles. The van der Waals surface area contributed by atoms with Crippen LogP contribution >= 0.6 is 0 Å². The molecule has 4 N–H and O–H groups in total. The zero-order valence-electron chi connectivity index (χ0n) is 22.1. The summed E-state index contributed by atoms with van der Waals surface area (Å²) in [6.45, 7) is 9.08. The number of likely N-dealkylation sites (tertiary alicyclic amines) is 1. The minimum absolute atomic E-state index is 0.286. The van der Waals surface area contributed by atoms with Gasteiger partial charge in [-0.2, -0.15) is 4.98 Å². The molecule has 2 aromatic heterocycles. The summed E-state index contributed by atoms with van der Waals surface area (Å²) in [7, 11) is 1.74. The number of para-hydroxylation sites is 1. The fourth-order valence-electron chi connectivity index (χ4n) is 5.33. The Kier molecular flexibility index (Phi) is 8.06. The maximum Gasteiger partial charge on any atom is 0.222 e. The van der Waals surface area contributed by atoms with E-state index in [-0.39, 0.29) is 5.95 Å². The van der Waals surface area contributed by atoms with Gasteiger partial charge >= 0.3 is 0 Å². The largest absolute Gasteiger partial charge is 0.496 e. The van der Waals surface area contributed by atoms with Gasteiger partial charge in [0.25, 0.3) is 0 Å². The number of nitrogens with one attached hydrogen (secondary N) is 2. The predicted molar refractivity (Wildman–Crippen MR) is 152 cm³/mol. The van der Waals surface area contributed by atoms with Crippen molar-refractivity contribution >= 4 is 33.7 Å². The van der Waals surface area contributed by atoms with Crippen molar-refractivity contribution in [3.63, 3.8) is 0 Å². The van der Waals surface area contributed by atoms with Gasteiger partial charge in [0.2, 0.25) is 5.95 Å². The predicted octanol–water partition coefficient (Wildman–Crippen LogP) is 4.62. The maximum atomic E-state index is 6.14. The summed E-state index contributed by atoms with van der Waals surface area (Å²) in [5.74, 6) is 1.95. The first-order chi connectivity index (χ1) is 18.2. The Morgan fingerprint density at radius 3 is 2.70 bits per heavy atom. The smallest absolute Gasteiger partial charge is 0.222 e. The summed E-state index contributed by atoms with van der Waals surface area (Å²) in [6.07, 6.45) is 4.83. The second kappa shape index (κ2) is 11.8. The van der Waals surface area contributed by atoms with Crippen LogP contribution in [0.2, 0.25) is 0 Å². The van der Waals surface area contributed by atoms with Crippen LogP contribution in [0.5, 0.6) is 5.75 Å². The molecule has 4 aromatic rings. The lowest BCUT2D eigenvalue weighted by molar-refractivity contribution is 0.335. The number of nitrogens with zero attached hydrogens (tertiary/aromatic N) is 4. The number of nitrogens with two attached hydrogens (primary N) is 1. The number of anilines is 2. The number of hydrogen-bond donors (Lipinski definition) is 3. The fraction of sp³-hybridized carbons (Fsp3) is 0.448. The molecule has 1 aliphatic rings. The SMILES string of the molecule is CCCCNc1nc(N)nc2c3ccccc3n(Cc3cc(CNCCN4CCCC4)ccc3OC)c12. The van der Waals surface area contributed by atoms with E-state index in [4.69, 9.17) is 10.5 Å². The van der Waals surface area contributed by atoms with E-state index in [1.807, 2.05) is 6.07 Å². The first kappa shape index (κ1) is 25.3. The van der Waals surface area contributed by atoms with Crippen LogP contribution in [-0.4, -0.2) is 59.3 Å². The normalized spacial score (nSPS) is 14.1. The van der Waals surface area contributed by atoms with Gasteiger partial charge in [-0.15, -0.1) is 0 Å². The molecule has 0 bridgehead atoms. The minimum Gasteiger partial charge on any atom is -0.496 e. The molecule has 0 amide bonds. The third kappa shape index (κ3) is 5.65. The van der Waals surface area contributed by atoms with Crippen molar-refractivity contribution in [3.05, 3.63) is 53.6 Å². The average molecular weight is 502 g/mol. The molecule has 2 aromatic carbocycles. The molecule has 0 unspecified atom stereocenters. The standard InChI is InChI=1S/C29H39N7O/c1-3-4-13-32-28-27-26(33-29(30)34-28)23-9-5-6-10-24(23)36(27)20-22-18-21(11-12-25(22)37-2)19-31-14-17-35-15-7-8-16-35/h5-6,9-12,18,31H,3-4,7-8,13-17,19-20H2,1-2H3,(H3,30,32,33,34). The first-order valence-corrected chi connectivity index (χ1v) is 13.5. The lowest BCUT2D eigenvalue weighted by atomic mass is 10.1. The third-order valence-corrected chi connectivity index (χ3v) is 7.25. The van der Waals surface area contributed by atoms with E-state index in [9.17, 15) is 0 Å². The monoisotopic (exact) mass is 501 g/mol. The van der Waals surface area contributed by atoms with E-state index in [0.717, 1.165) is 78.1 Å². The van der Waals surface area contributed by atoms with E-state index in [1.54, 1.807) is 7.11 Å². The van der Waals surface area contributed by atoms with E-state index in [2.05, 4.69) is 73.4 Å². The van der Waals surface area contributed by atoms with Gasteiger partial charge in [-0.05, 0) is 56.1 Å². The molecule has 0 saturated carbocycles. The van der Waals surface area contributed by atoms with Gasteiger partial charge in [-0.1, -0.05) is 37.6 Å². The van der Waals surface area contributed by atoms with Gasteiger partial charge in [0.05, 0.1) is 19.2 Å². The molecule has 8 heteroatoms. The summed E-state index contributed by atoms with van der Waals surface area (Å²) in [5.41, 5.74) is 11.5. The number of ether oxygens (including phenoxy) is 1. The Hall–Kier alpha value is -3.36. The van der Waals surface area contributed by atoms with Gasteiger partial charge in [0.15, 0.2) is 5.82 Å². The van der Waals surface area contributed by atoms with E-state index in [1.165, 1.54) is 31.5 Å². The van der Waals surface area contributed by atoms with Gasteiger partial charge in [-0.25, -0.2) is 4.98 Å². The zero-order valence-corrected chi connectivity index (χ0v) is 22.1. The third-order valence-electron chi connectivity index (χ3n) is 7.25. The molecule has 0 aliphatic carbocycles. The maximum absolute atomic E-state index is 6.14. The summed E-state index contributed by atoms with van der Waals surface area (Å²) in [5, 5.41) is 8.21. The van der Waals surface area contributed by atoms with Crippen molar-refractivity contribution in [3.8, 4) is 5.75 Å².